The molecule has 0 aromatic carbocycles. The molecule has 2 rings (SSSR count). The van der Waals surface area contributed by atoms with E-state index in [0.29, 0.717) is 5.13 Å². The Morgan fingerprint density at radius 1 is 1.58 bits per heavy atom. The van der Waals surface area contributed by atoms with E-state index in [1.807, 2.05) is 31.6 Å². The van der Waals surface area contributed by atoms with Crippen LogP contribution < -0.4 is 10.6 Å². The van der Waals surface area contributed by atoms with Crippen molar-refractivity contribution in [1.82, 2.24) is 14.9 Å². The van der Waals surface area contributed by atoms with Crippen LogP contribution in [0.4, 0.5) is 9.93 Å². The second-order valence-corrected chi connectivity index (χ2v) is 5.38. The molecule has 2 amide bonds. The number of urea groups is 1. The topological polar surface area (TPSA) is 59.0 Å². The molecule has 0 radical (unpaired) electrons. The van der Waals surface area contributed by atoms with Gasteiger partial charge in [-0.25, -0.2) is 9.78 Å². The van der Waals surface area contributed by atoms with E-state index >= 15 is 0 Å². The van der Waals surface area contributed by atoms with Crippen LogP contribution in [-0.4, -0.2) is 21.6 Å². The van der Waals surface area contributed by atoms with Gasteiger partial charge in [0.15, 0.2) is 5.13 Å². The zero-order valence-electron chi connectivity index (χ0n) is 11.1. The first-order valence-corrected chi connectivity index (χ1v) is 7.10. The lowest BCUT2D eigenvalue weighted by Gasteiger charge is -2.14. The number of hydrogen-bond donors (Lipinski definition) is 2. The van der Waals surface area contributed by atoms with Gasteiger partial charge in [0.2, 0.25) is 0 Å². The summed E-state index contributed by atoms with van der Waals surface area (Å²) in [6.07, 6.45) is 5.55. The highest BCUT2D eigenvalue weighted by molar-refractivity contribution is 7.13. The maximum absolute atomic E-state index is 11.7. The lowest BCUT2D eigenvalue weighted by atomic mass is 10.1. The van der Waals surface area contributed by atoms with Crippen molar-refractivity contribution in [1.29, 1.82) is 0 Å². The molecule has 0 saturated heterocycles. The van der Waals surface area contributed by atoms with Crippen molar-refractivity contribution in [2.75, 3.05) is 5.32 Å². The third-order valence-electron chi connectivity index (χ3n) is 2.92. The molecule has 0 bridgehead atoms. The second-order valence-electron chi connectivity index (χ2n) is 4.49. The number of carbonyl (C=O) groups excluding carboxylic acids is 1. The molecule has 1 atom stereocenters. The monoisotopic (exact) mass is 278 g/mol. The summed E-state index contributed by atoms with van der Waals surface area (Å²) in [5.41, 5.74) is 1.27. The first-order chi connectivity index (χ1) is 9.15. The molecule has 2 N–H and O–H groups in total. The molecule has 0 aliphatic carbocycles. The average Bonchev–Trinajstić information content (AvgIpc) is 2.98. The van der Waals surface area contributed by atoms with E-state index in [0.717, 1.165) is 12.8 Å². The smallest absolute Gasteiger partial charge is 0.321 e. The number of hydrogen-bond acceptors (Lipinski definition) is 3. The van der Waals surface area contributed by atoms with Gasteiger partial charge in [-0.1, -0.05) is 0 Å². The summed E-state index contributed by atoms with van der Waals surface area (Å²) in [4.78, 5) is 15.7. The van der Waals surface area contributed by atoms with E-state index in [1.54, 1.807) is 6.20 Å². The van der Waals surface area contributed by atoms with E-state index in [4.69, 9.17) is 0 Å². The first kappa shape index (κ1) is 13.6. The normalized spacial score (nSPS) is 12.1. The van der Waals surface area contributed by atoms with E-state index < -0.39 is 0 Å². The fourth-order valence-electron chi connectivity index (χ4n) is 1.83. The van der Waals surface area contributed by atoms with Crippen molar-refractivity contribution in [2.45, 2.75) is 25.8 Å². The SMILES string of the molecule is CC(CCc1cccn1C)NC(=O)Nc1nccs1. The molecule has 5 nitrogen and oxygen atoms in total. The number of aryl methyl sites for hydroxylation is 2. The Morgan fingerprint density at radius 2 is 2.42 bits per heavy atom. The number of amides is 2. The molecular weight excluding hydrogens is 260 g/mol. The van der Waals surface area contributed by atoms with E-state index in [1.165, 1.54) is 17.0 Å². The van der Waals surface area contributed by atoms with Crippen LogP contribution in [0.3, 0.4) is 0 Å². The van der Waals surface area contributed by atoms with E-state index in [9.17, 15) is 4.79 Å². The van der Waals surface area contributed by atoms with Crippen LogP contribution in [0.15, 0.2) is 29.9 Å². The minimum Gasteiger partial charge on any atom is -0.354 e. The van der Waals surface area contributed by atoms with Gasteiger partial charge in [-0.3, -0.25) is 5.32 Å². The number of carbonyl (C=O) groups is 1. The van der Waals surface area contributed by atoms with Gasteiger partial charge in [-0.05, 0) is 31.9 Å². The van der Waals surface area contributed by atoms with Gasteiger partial charge in [0.1, 0.15) is 0 Å². The fourth-order valence-corrected chi connectivity index (χ4v) is 2.36. The highest BCUT2D eigenvalue weighted by Gasteiger charge is 2.09. The van der Waals surface area contributed by atoms with Crippen LogP contribution in [0.2, 0.25) is 0 Å². The predicted molar refractivity (Wildman–Crippen MR) is 77.5 cm³/mol. The highest BCUT2D eigenvalue weighted by Crippen LogP contribution is 2.10. The van der Waals surface area contributed by atoms with Gasteiger partial charge >= 0.3 is 6.03 Å². The van der Waals surface area contributed by atoms with Crippen molar-refractivity contribution in [3.05, 3.63) is 35.6 Å². The van der Waals surface area contributed by atoms with Crippen LogP contribution >= 0.6 is 11.3 Å². The Labute approximate surface area is 116 Å². The molecule has 0 aliphatic rings. The highest BCUT2D eigenvalue weighted by atomic mass is 32.1. The lowest BCUT2D eigenvalue weighted by Crippen LogP contribution is -2.36. The maximum atomic E-state index is 11.7. The summed E-state index contributed by atoms with van der Waals surface area (Å²) in [5.74, 6) is 0. The third-order valence-corrected chi connectivity index (χ3v) is 3.60. The van der Waals surface area contributed by atoms with Gasteiger partial charge < -0.3 is 9.88 Å². The quantitative estimate of drug-likeness (QED) is 0.883. The molecule has 6 heteroatoms. The van der Waals surface area contributed by atoms with Crippen LogP contribution in [-0.2, 0) is 13.5 Å². The Balaban J connectivity index is 1.73. The van der Waals surface area contributed by atoms with Crippen molar-refractivity contribution in [2.24, 2.45) is 7.05 Å². The summed E-state index contributed by atoms with van der Waals surface area (Å²) in [6.45, 7) is 2.00. The molecule has 2 aromatic rings. The zero-order valence-corrected chi connectivity index (χ0v) is 11.9. The van der Waals surface area contributed by atoms with E-state index in [-0.39, 0.29) is 12.1 Å². The Bertz CT molecular complexity index is 520. The molecule has 1 unspecified atom stereocenters. The third kappa shape index (κ3) is 4.10. The summed E-state index contributed by atoms with van der Waals surface area (Å²) in [7, 11) is 2.03. The first-order valence-electron chi connectivity index (χ1n) is 6.22. The fraction of sp³-hybridized carbons (Fsp3) is 0.385. The number of rotatable bonds is 5. The Kier molecular flexibility index (Phi) is 4.57. The Morgan fingerprint density at radius 3 is 3.05 bits per heavy atom. The van der Waals surface area contributed by atoms with Gasteiger partial charge in [0.05, 0.1) is 0 Å². The number of nitrogens with zero attached hydrogens (tertiary/aromatic N) is 2. The maximum Gasteiger partial charge on any atom is 0.321 e. The zero-order chi connectivity index (χ0) is 13.7. The van der Waals surface area contributed by atoms with Crippen LogP contribution in [0.5, 0.6) is 0 Å². The molecule has 0 fully saturated rings. The predicted octanol–water partition coefficient (Wildman–Crippen LogP) is 2.62. The number of anilines is 1. The molecule has 19 heavy (non-hydrogen) atoms. The molecule has 2 heterocycles. The molecule has 0 saturated carbocycles. The minimum atomic E-state index is -0.200. The van der Waals surface area contributed by atoms with Crippen molar-refractivity contribution < 1.29 is 4.79 Å². The van der Waals surface area contributed by atoms with Crippen LogP contribution in [0.25, 0.3) is 0 Å². The van der Waals surface area contributed by atoms with Crippen molar-refractivity contribution in [3.8, 4) is 0 Å². The molecule has 2 aromatic heterocycles. The lowest BCUT2D eigenvalue weighted by molar-refractivity contribution is 0.248. The molecule has 102 valence electrons. The average molecular weight is 278 g/mol. The van der Waals surface area contributed by atoms with Gasteiger partial charge in [-0.15, -0.1) is 11.3 Å². The largest absolute Gasteiger partial charge is 0.354 e. The summed E-state index contributed by atoms with van der Waals surface area (Å²) in [5, 5.41) is 8.06. The second kappa shape index (κ2) is 6.38. The standard InChI is InChI=1S/C13H18N4OS/c1-10(5-6-11-4-3-8-17(11)2)15-12(18)16-13-14-7-9-19-13/h3-4,7-10H,5-6H2,1-2H3,(H2,14,15,16,18). The molecule has 0 spiro atoms. The van der Waals surface area contributed by atoms with Crippen LogP contribution in [0.1, 0.15) is 19.0 Å². The molecular formula is C13H18N4OS. The summed E-state index contributed by atoms with van der Waals surface area (Å²) in [6, 6.07) is 4.05. The van der Waals surface area contributed by atoms with E-state index in [2.05, 4.69) is 26.3 Å². The van der Waals surface area contributed by atoms with Crippen LogP contribution in [0, 0.1) is 0 Å². The van der Waals surface area contributed by atoms with Crippen molar-refractivity contribution in [3.63, 3.8) is 0 Å². The summed E-state index contributed by atoms with van der Waals surface area (Å²) >= 11 is 1.41. The minimum absolute atomic E-state index is 0.120. The van der Waals surface area contributed by atoms with Gasteiger partial charge in [0.25, 0.3) is 0 Å². The number of aromatic nitrogens is 2. The molecule has 0 aliphatic heterocycles. The number of thiazole rings is 1. The summed E-state index contributed by atoms with van der Waals surface area (Å²) < 4.78 is 2.10. The number of nitrogens with one attached hydrogen (secondary N) is 2. The Hall–Kier alpha value is -1.82. The van der Waals surface area contributed by atoms with Crippen molar-refractivity contribution >= 4 is 22.5 Å². The van der Waals surface area contributed by atoms with Gasteiger partial charge in [-0.2, -0.15) is 0 Å². The van der Waals surface area contributed by atoms with Gasteiger partial charge in [0, 0.05) is 36.6 Å².